The average Bonchev–Trinajstić information content (AvgIpc) is 2.37. The van der Waals surface area contributed by atoms with Crippen molar-refractivity contribution in [2.24, 2.45) is 0 Å². The van der Waals surface area contributed by atoms with Crippen LogP contribution in [0.1, 0.15) is 42.3 Å². The number of benzene rings is 1. The van der Waals surface area contributed by atoms with Crippen LogP contribution in [0.3, 0.4) is 0 Å². The smallest absolute Gasteiger partial charge is 0.341 e. The fraction of sp³-hybridized carbons (Fsp3) is 0.294. The molecule has 0 amide bonds. The van der Waals surface area contributed by atoms with Crippen molar-refractivity contribution < 1.29 is 14.6 Å². The molecule has 0 aliphatic carbocycles. The summed E-state index contributed by atoms with van der Waals surface area (Å²) in [5.74, 6) is -0.284. The van der Waals surface area contributed by atoms with Crippen LogP contribution in [0.15, 0.2) is 36.5 Å². The third-order valence-corrected chi connectivity index (χ3v) is 3.24. The molecule has 4 heteroatoms. The number of ether oxygens (including phenoxy) is 1. The molecular formula is C17H19NO3. The monoisotopic (exact) mass is 285 g/mol. The lowest BCUT2D eigenvalue weighted by atomic mass is 9.86. The normalized spacial score (nSPS) is 11.2. The molecule has 4 nitrogen and oxygen atoms in total. The largest absolute Gasteiger partial charge is 0.477 e. The standard InChI is InChI=1S/C17H19NO3/c1-11-9-10-18-15(14(11)16(19)20)21-13-8-6-5-7-12(13)17(2,3)4/h5-10H,1-4H3,(H,19,20). The van der Waals surface area contributed by atoms with Gasteiger partial charge in [0.2, 0.25) is 5.88 Å². The van der Waals surface area contributed by atoms with Gasteiger partial charge in [0.05, 0.1) is 0 Å². The molecule has 2 rings (SSSR count). The lowest BCUT2D eigenvalue weighted by Crippen LogP contribution is -2.13. The fourth-order valence-corrected chi connectivity index (χ4v) is 2.15. The molecular weight excluding hydrogens is 266 g/mol. The zero-order valence-corrected chi connectivity index (χ0v) is 12.7. The number of para-hydroxylation sites is 1. The maximum atomic E-state index is 11.4. The number of carbonyl (C=O) groups is 1. The molecule has 1 heterocycles. The van der Waals surface area contributed by atoms with Crippen LogP contribution in [-0.4, -0.2) is 16.1 Å². The molecule has 0 spiro atoms. The number of hydrogen-bond acceptors (Lipinski definition) is 3. The van der Waals surface area contributed by atoms with E-state index < -0.39 is 5.97 Å². The molecule has 0 saturated heterocycles. The number of aromatic carboxylic acids is 1. The van der Waals surface area contributed by atoms with Gasteiger partial charge < -0.3 is 9.84 Å². The van der Waals surface area contributed by atoms with Gasteiger partial charge in [-0.1, -0.05) is 39.0 Å². The van der Waals surface area contributed by atoms with Crippen LogP contribution in [0.5, 0.6) is 11.6 Å². The van der Waals surface area contributed by atoms with E-state index in [9.17, 15) is 9.90 Å². The van der Waals surface area contributed by atoms with Gasteiger partial charge in [-0.3, -0.25) is 0 Å². The number of hydrogen-bond donors (Lipinski definition) is 1. The fourth-order valence-electron chi connectivity index (χ4n) is 2.15. The zero-order valence-electron chi connectivity index (χ0n) is 12.7. The Bertz CT molecular complexity index is 672. The van der Waals surface area contributed by atoms with Crippen LogP contribution >= 0.6 is 0 Å². The van der Waals surface area contributed by atoms with Gasteiger partial charge in [-0.05, 0) is 30.0 Å². The molecule has 0 saturated carbocycles. The van der Waals surface area contributed by atoms with Gasteiger partial charge in [0.25, 0.3) is 0 Å². The number of aromatic nitrogens is 1. The predicted molar refractivity (Wildman–Crippen MR) is 81.1 cm³/mol. The van der Waals surface area contributed by atoms with Crippen molar-refractivity contribution in [1.82, 2.24) is 4.98 Å². The minimum atomic E-state index is -1.04. The minimum absolute atomic E-state index is 0.0983. The highest BCUT2D eigenvalue weighted by Gasteiger charge is 2.21. The second-order valence-electron chi connectivity index (χ2n) is 5.96. The number of nitrogens with zero attached hydrogens (tertiary/aromatic N) is 1. The van der Waals surface area contributed by atoms with Crippen LogP contribution in [-0.2, 0) is 5.41 Å². The molecule has 0 radical (unpaired) electrons. The molecule has 1 aromatic heterocycles. The van der Waals surface area contributed by atoms with Gasteiger partial charge in [-0.25, -0.2) is 9.78 Å². The summed E-state index contributed by atoms with van der Waals surface area (Å²) in [5.41, 5.74) is 1.62. The Morgan fingerprint density at radius 1 is 1.19 bits per heavy atom. The molecule has 0 unspecified atom stereocenters. The molecule has 21 heavy (non-hydrogen) atoms. The van der Waals surface area contributed by atoms with Gasteiger partial charge in [-0.2, -0.15) is 0 Å². The first-order valence-corrected chi connectivity index (χ1v) is 6.77. The lowest BCUT2D eigenvalue weighted by molar-refractivity contribution is 0.0692. The third kappa shape index (κ3) is 3.21. The van der Waals surface area contributed by atoms with Gasteiger partial charge in [-0.15, -0.1) is 0 Å². The number of rotatable bonds is 3. The van der Waals surface area contributed by atoms with Crippen molar-refractivity contribution >= 4 is 5.97 Å². The quantitative estimate of drug-likeness (QED) is 0.919. The summed E-state index contributed by atoms with van der Waals surface area (Å²) in [6.45, 7) is 7.97. The van der Waals surface area contributed by atoms with Gasteiger partial charge in [0, 0.05) is 11.8 Å². The van der Waals surface area contributed by atoms with E-state index in [4.69, 9.17) is 4.74 Å². The highest BCUT2D eigenvalue weighted by Crippen LogP contribution is 2.34. The first-order valence-electron chi connectivity index (χ1n) is 6.77. The molecule has 1 aromatic carbocycles. The molecule has 0 aliphatic heterocycles. The van der Waals surface area contributed by atoms with Gasteiger partial charge in [0.1, 0.15) is 11.3 Å². The van der Waals surface area contributed by atoms with E-state index in [1.54, 1.807) is 19.2 Å². The van der Waals surface area contributed by atoms with E-state index in [1.807, 2.05) is 24.3 Å². The molecule has 110 valence electrons. The maximum absolute atomic E-state index is 11.4. The molecule has 0 fully saturated rings. The van der Waals surface area contributed by atoms with Crippen LogP contribution in [0.25, 0.3) is 0 Å². The molecule has 0 aliphatic rings. The number of carboxylic acids is 1. The predicted octanol–water partition coefficient (Wildman–Crippen LogP) is 4.18. The molecule has 2 aromatic rings. The number of aryl methyl sites for hydroxylation is 1. The van der Waals surface area contributed by atoms with E-state index in [2.05, 4.69) is 25.8 Å². The first-order chi connectivity index (χ1) is 9.80. The van der Waals surface area contributed by atoms with Crippen molar-refractivity contribution in [3.8, 4) is 11.6 Å². The Morgan fingerprint density at radius 2 is 1.86 bits per heavy atom. The summed E-state index contributed by atoms with van der Waals surface area (Å²) < 4.78 is 5.82. The minimum Gasteiger partial charge on any atom is -0.477 e. The van der Waals surface area contributed by atoms with E-state index in [1.165, 1.54) is 0 Å². The Labute approximate surface area is 124 Å². The summed E-state index contributed by atoms with van der Waals surface area (Å²) in [5, 5.41) is 9.33. The van der Waals surface area contributed by atoms with E-state index in [0.717, 1.165) is 5.56 Å². The summed E-state index contributed by atoms with van der Waals surface area (Å²) in [4.78, 5) is 15.5. The zero-order chi connectivity index (χ0) is 15.6. The SMILES string of the molecule is Cc1ccnc(Oc2ccccc2C(C)(C)C)c1C(=O)O. The second kappa shape index (κ2) is 5.56. The second-order valence-corrected chi connectivity index (χ2v) is 5.96. The Hall–Kier alpha value is -2.36. The van der Waals surface area contributed by atoms with Crippen LogP contribution in [0, 0.1) is 6.92 Å². The van der Waals surface area contributed by atoms with Gasteiger partial charge >= 0.3 is 5.97 Å². The topological polar surface area (TPSA) is 59.4 Å². The van der Waals surface area contributed by atoms with Crippen LogP contribution < -0.4 is 4.74 Å². The lowest BCUT2D eigenvalue weighted by Gasteiger charge is -2.22. The van der Waals surface area contributed by atoms with Crippen LogP contribution in [0.4, 0.5) is 0 Å². The Morgan fingerprint density at radius 3 is 2.48 bits per heavy atom. The average molecular weight is 285 g/mol. The van der Waals surface area contributed by atoms with Crippen molar-refractivity contribution in [3.05, 3.63) is 53.2 Å². The summed E-state index contributed by atoms with van der Waals surface area (Å²) in [6.07, 6.45) is 1.55. The van der Waals surface area contributed by atoms with Crippen molar-refractivity contribution in [3.63, 3.8) is 0 Å². The van der Waals surface area contributed by atoms with Crippen LogP contribution in [0.2, 0.25) is 0 Å². The summed E-state index contributed by atoms with van der Waals surface area (Å²) >= 11 is 0. The summed E-state index contributed by atoms with van der Waals surface area (Å²) in [6, 6.07) is 9.27. The van der Waals surface area contributed by atoms with E-state index in [0.29, 0.717) is 11.3 Å². The molecule has 0 atom stereocenters. The Balaban J connectivity index is 2.50. The van der Waals surface area contributed by atoms with Gasteiger partial charge in [0.15, 0.2) is 0 Å². The van der Waals surface area contributed by atoms with Crippen molar-refractivity contribution in [2.45, 2.75) is 33.1 Å². The molecule has 0 bridgehead atoms. The maximum Gasteiger partial charge on any atom is 0.341 e. The third-order valence-electron chi connectivity index (χ3n) is 3.24. The highest BCUT2D eigenvalue weighted by atomic mass is 16.5. The first kappa shape index (κ1) is 15.0. The summed E-state index contributed by atoms with van der Waals surface area (Å²) in [7, 11) is 0. The Kier molecular flexibility index (Phi) is 3.98. The number of carboxylic acid groups (broad SMARTS) is 1. The van der Waals surface area contributed by atoms with E-state index >= 15 is 0 Å². The number of pyridine rings is 1. The highest BCUT2D eigenvalue weighted by molar-refractivity contribution is 5.91. The molecule has 1 N–H and O–H groups in total. The van der Waals surface area contributed by atoms with Crippen molar-refractivity contribution in [1.29, 1.82) is 0 Å². The van der Waals surface area contributed by atoms with Crippen molar-refractivity contribution in [2.75, 3.05) is 0 Å². The van der Waals surface area contributed by atoms with E-state index in [-0.39, 0.29) is 16.9 Å².